The maximum atomic E-state index is 14.3. The van der Waals surface area contributed by atoms with E-state index in [1.54, 1.807) is 19.2 Å². The van der Waals surface area contributed by atoms with Crippen LogP contribution in [0.25, 0.3) is 0 Å². The maximum Gasteiger partial charge on any atom is 0.177 e. The zero-order valence-electron chi connectivity index (χ0n) is 11.4. The maximum absolute atomic E-state index is 14.3. The van der Waals surface area contributed by atoms with Crippen LogP contribution in [0.15, 0.2) is 12.1 Å². The summed E-state index contributed by atoms with van der Waals surface area (Å²) in [6.45, 7) is 3.87. The smallest absolute Gasteiger partial charge is 0.177 e. The number of hydrogen-bond acceptors (Lipinski definition) is 4. The molecule has 1 aromatic carbocycles. The van der Waals surface area contributed by atoms with Crippen molar-refractivity contribution in [3.05, 3.63) is 23.3 Å². The first-order valence-corrected chi connectivity index (χ1v) is 6.24. The summed E-state index contributed by atoms with van der Waals surface area (Å²) in [5, 5.41) is 2.78. The van der Waals surface area contributed by atoms with Gasteiger partial charge in [0.15, 0.2) is 17.3 Å². The van der Waals surface area contributed by atoms with Crippen molar-refractivity contribution in [2.24, 2.45) is 0 Å². The predicted molar refractivity (Wildman–Crippen MR) is 69.8 cm³/mol. The van der Waals surface area contributed by atoms with E-state index in [9.17, 15) is 9.18 Å². The van der Waals surface area contributed by atoms with Crippen LogP contribution >= 0.6 is 0 Å². The molecule has 0 aromatic heterocycles. The summed E-state index contributed by atoms with van der Waals surface area (Å²) in [6, 6.07) is 3.14. The highest BCUT2D eigenvalue weighted by Crippen LogP contribution is 2.38. The fourth-order valence-corrected chi connectivity index (χ4v) is 2.07. The fraction of sp³-hybridized carbons (Fsp3) is 0.500. The van der Waals surface area contributed by atoms with Gasteiger partial charge in [0.1, 0.15) is 18.9 Å². The van der Waals surface area contributed by atoms with Crippen molar-refractivity contribution in [3.63, 3.8) is 0 Å². The van der Waals surface area contributed by atoms with Crippen LogP contribution in [-0.2, 0) is 5.67 Å². The molecule has 104 valence electrons. The Labute approximate surface area is 111 Å². The average Bonchev–Trinajstić information content (AvgIpc) is 2.36. The lowest BCUT2D eigenvalue weighted by molar-refractivity contribution is 0.0984. The summed E-state index contributed by atoms with van der Waals surface area (Å²) >= 11 is 0. The van der Waals surface area contributed by atoms with Crippen LogP contribution in [0.5, 0.6) is 11.5 Å². The lowest BCUT2D eigenvalue weighted by atomic mass is 9.91. The van der Waals surface area contributed by atoms with E-state index in [0.29, 0.717) is 35.8 Å². The van der Waals surface area contributed by atoms with Gasteiger partial charge in [-0.3, -0.25) is 4.79 Å². The molecule has 0 saturated carbocycles. The number of nitrogens with one attached hydrogen (secondary N) is 1. The molecule has 0 fully saturated rings. The molecule has 1 aliphatic rings. The number of fused-ring (bicyclic) bond motifs is 1. The summed E-state index contributed by atoms with van der Waals surface area (Å²) in [5.74, 6) is 0.826. The molecule has 0 amide bonds. The Kier molecular flexibility index (Phi) is 3.75. The zero-order chi connectivity index (χ0) is 14.0. The van der Waals surface area contributed by atoms with Crippen LogP contribution in [0.2, 0.25) is 0 Å². The van der Waals surface area contributed by atoms with Crippen LogP contribution in [0.1, 0.15) is 29.8 Å². The van der Waals surface area contributed by atoms with Gasteiger partial charge in [0.05, 0.1) is 6.54 Å². The summed E-state index contributed by atoms with van der Waals surface area (Å²) in [4.78, 5) is 12.1. The van der Waals surface area contributed by atoms with E-state index >= 15 is 0 Å². The Balaban J connectivity index is 2.52. The number of carbonyl (C=O) groups excluding carboxylic acids is 1. The van der Waals surface area contributed by atoms with Gasteiger partial charge < -0.3 is 14.8 Å². The van der Waals surface area contributed by atoms with Gasteiger partial charge in [-0.2, -0.15) is 0 Å². The number of likely N-dealkylation sites (N-methyl/N-ethyl adjacent to an activating group) is 1. The third kappa shape index (κ3) is 2.87. The number of rotatable bonds is 4. The van der Waals surface area contributed by atoms with Gasteiger partial charge in [-0.1, -0.05) is 0 Å². The highest BCUT2D eigenvalue weighted by atomic mass is 19.1. The number of ether oxygens (including phenoxy) is 2. The standard InChI is InChI=1S/C14H18FNO3/c1-14(2,15)10-7-13-12(18-4-5-19-13)6-9(10)11(17)8-16-3/h6-7,16H,4-5,8H2,1-3H3. The molecule has 1 aliphatic heterocycles. The van der Waals surface area contributed by atoms with Gasteiger partial charge in [-0.05, 0) is 33.0 Å². The van der Waals surface area contributed by atoms with E-state index in [1.165, 1.54) is 13.8 Å². The number of halogens is 1. The number of benzene rings is 1. The van der Waals surface area contributed by atoms with E-state index in [1.807, 2.05) is 0 Å². The van der Waals surface area contributed by atoms with E-state index in [4.69, 9.17) is 9.47 Å². The summed E-state index contributed by atoms with van der Waals surface area (Å²) in [7, 11) is 1.68. The first-order chi connectivity index (χ1) is 8.93. The number of carbonyl (C=O) groups is 1. The molecule has 1 aromatic rings. The second-order valence-corrected chi connectivity index (χ2v) is 4.97. The summed E-state index contributed by atoms with van der Waals surface area (Å²) < 4.78 is 25.2. The van der Waals surface area contributed by atoms with Gasteiger partial charge >= 0.3 is 0 Å². The predicted octanol–water partition coefficient (Wildman–Crippen LogP) is 2.06. The van der Waals surface area contributed by atoms with Crippen molar-refractivity contribution >= 4 is 5.78 Å². The van der Waals surface area contributed by atoms with Gasteiger partial charge in [-0.25, -0.2) is 4.39 Å². The van der Waals surface area contributed by atoms with E-state index < -0.39 is 5.67 Å². The normalized spacial score (nSPS) is 14.3. The molecule has 0 radical (unpaired) electrons. The Morgan fingerprint density at radius 3 is 2.42 bits per heavy atom. The quantitative estimate of drug-likeness (QED) is 0.848. The molecule has 2 rings (SSSR count). The van der Waals surface area contributed by atoms with E-state index in [-0.39, 0.29) is 12.3 Å². The highest BCUT2D eigenvalue weighted by molar-refractivity contribution is 6.00. The van der Waals surface area contributed by atoms with Crippen LogP contribution in [-0.4, -0.2) is 32.6 Å². The van der Waals surface area contributed by atoms with Gasteiger partial charge in [0, 0.05) is 11.1 Å². The molecule has 5 heteroatoms. The number of hydrogen-bond donors (Lipinski definition) is 1. The van der Waals surface area contributed by atoms with Crippen LogP contribution in [0.3, 0.4) is 0 Å². The average molecular weight is 267 g/mol. The van der Waals surface area contributed by atoms with Crippen LogP contribution < -0.4 is 14.8 Å². The first-order valence-electron chi connectivity index (χ1n) is 6.24. The number of Topliss-reactive ketones (excluding diaryl/α,β-unsaturated/α-hetero) is 1. The van der Waals surface area contributed by atoms with Gasteiger partial charge in [0.2, 0.25) is 0 Å². The summed E-state index contributed by atoms with van der Waals surface area (Å²) in [5.41, 5.74) is -0.947. The molecule has 0 unspecified atom stereocenters. The molecule has 0 spiro atoms. The van der Waals surface area contributed by atoms with Crippen LogP contribution in [0, 0.1) is 0 Å². The fourth-order valence-electron chi connectivity index (χ4n) is 2.07. The van der Waals surface area contributed by atoms with Crippen molar-refractivity contribution in [3.8, 4) is 11.5 Å². The van der Waals surface area contributed by atoms with Crippen molar-refractivity contribution in [1.82, 2.24) is 5.32 Å². The molecule has 1 heterocycles. The monoisotopic (exact) mass is 267 g/mol. The van der Waals surface area contributed by atoms with Gasteiger partial charge in [0.25, 0.3) is 0 Å². The molecular formula is C14H18FNO3. The number of alkyl halides is 1. The van der Waals surface area contributed by atoms with Crippen molar-refractivity contribution < 1.29 is 18.7 Å². The number of ketones is 1. The molecule has 0 aliphatic carbocycles. The largest absolute Gasteiger partial charge is 0.486 e. The molecule has 0 bridgehead atoms. The minimum Gasteiger partial charge on any atom is -0.486 e. The molecule has 1 N–H and O–H groups in total. The second-order valence-electron chi connectivity index (χ2n) is 4.97. The first kappa shape index (κ1) is 13.8. The Bertz CT molecular complexity index is 494. The van der Waals surface area contributed by atoms with Crippen molar-refractivity contribution in [2.75, 3.05) is 26.8 Å². The summed E-state index contributed by atoms with van der Waals surface area (Å²) in [6.07, 6.45) is 0. The third-order valence-corrected chi connectivity index (χ3v) is 2.96. The van der Waals surface area contributed by atoms with Crippen LogP contribution in [0.4, 0.5) is 4.39 Å². The minimum atomic E-state index is -1.62. The van der Waals surface area contributed by atoms with Crippen molar-refractivity contribution in [1.29, 1.82) is 0 Å². The van der Waals surface area contributed by atoms with Crippen molar-refractivity contribution in [2.45, 2.75) is 19.5 Å². The molecule has 0 atom stereocenters. The van der Waals surface area contributed by atoms with E-state index in [2.05, 4.69) is 5.32 Å². The zero-order valence-corrected chi connectivity index (χ0v) is 11.4. The molecule has 19 heavy (non-hydrogen) atoms. The highest BCUT2D eigenvalue weighted by Gasteiger charge is 2.28. The van der Waals surface area contributed by atoms with Gasteiger partial charge in [-0.15, -0.1) is 0 Å². The SMILES string of the molecule is CNCC(=O)c1cc2c(cc1C(C)(C)F)OCCO2. The molecule has 0 saturated heterocycles. The minimum absolute atomic E-state index is 0.155. The Hall–Kier alpha value is -1.62. The van der Waals surface area contributed by atoms with E-state index in [0.717, 1.165) is 0 Å². The Morgan fingerprint density at radius 1 is 1.32 bits per heavy atom. The lowest BCUT2D eigenvalue weighted by Crippen LogP contribution is -2.24. The lowest BCUT2D eigenvalue weighted by Gasteiger charge is -2.24. The second kappa shape index (κ2) is 5.17. The Morgan fingerprint density at radius 2 is 1.89 bits per heavy atom. The topological polar surface area (TPSA) is 47.6 Å². The molecular weight excluding hydrogens is 249 g/mol. The molecule has 4 nitrogen and oxygen atoms in total. The third-order valence-electron chi connectivity index (χ3n) is 2.96.